The number of amides is 1. The van der Waals surface area contributed by atoms with Crippen molar-refractivity contribution in [3.8, 4) is 23.0 Å². The molecule has 0 bridgehead atoms. The predicted octanol–water partition coefficient (Wildman–Crippen LogP) is 7.09. The Morgan fingerprint density at radius 2 is 1.13 bits per heavy atom. The van der Waals surface area contributed by atoms with Crippen LogP contribution in [0.3, 0.4) is 0 Å². The monoisotopic (exact) mass is 639 g/mol. The molecular weight excluding hydrogens is 598 g/mol. The first-order valence-corrected chi connectivity index (χ1v) is 16.0. The molecule has 0 unspecified atom stereocenters. The second-order valence-corrected chi connectivity index (χ2v) is 10.9. The van der Waals surface area contributed by atoms with Crippen molar-refractivity contribution in [3.05, 3.63) is 94.6 Å². The molecule has 3 aromatic carbocycles. The first kappa shape index (κ1) is 34.7. The SMILES string of the molecule is CCCC(=O)Oc1ccc(/C=C2\CN(C(=O)c3ccccc3)C/C(=C\c3ccc(OC(=O)CCC)c(OCC)c3)C2=O)cc1OCC. The van der Waals surface area contributed by atoms with Crippen molar-refractivity contribution in [2.75, 3.05) is 26.3 Å². The van der Waals surface area contributed by atoms with Crippen molar-refractivity contribution in [1.29, 1.82) is 0 Å². The maximum atomic E-state index is 14.0. The van der Waals surface area contributed by atoms with Gasteiger partial charge in [-0.3, -0.25) is 19.2 Å². The van der Waals surface area contributed by atoms with Gasteiger partial charge in [0, 0.05) is 29.6 Å². The van der Waals surface area contributed by atoms with Crippen molar-refractivity contribution in [2.24, 2.45) is 0 Å². The van der Waals surface area contributed by atoms with Gasteiger partial charge in [0.15, 0.2) is 28.8 Å². The molecule has 0 aliphatic carbocycles. The number of ketones is 1. The molecule has 1 heterocycles. The molecule has 0 radical (unpaired) electrons. The molecule has 9 heteroatoms. The molecule has 9 nitrogen and oxygen atoms in total. The van der Waals surface area contributed by atoms with Crippen LogP contribution >= 0.6 is 0 Å². The quantitative estimate of drug-likeness (QED) is 0.111. The van der Waals surface area contributed by atoms with Crippen LogP contribution in [0.5, 0.6) is 23.0 Å². The van der Waals surface area contributed by atoms with E-state index >= 15 is 0 Å². The standard InChI is InChI=1S/C38H41NO8/c1-5-12-35(40)46-31-18-16-26(22-33(31)44-7-3)20-29-24-39(38(43)28-14-10-9-11-15-28)25-30(37(29)42)21-27-17-19-32(34(23-27)45-8-4)47-36(41)13-6-2/h9-11,14-23H,5-8,12-13,24-25H2,1-4H3/b29-20+,30-21+. The Labute approximate surface area is 275 Å². The van der Waals surface area contributed by atoms with Crippen molar-refractivity contribution in [1.82, 2.24) is 4.90 Å². The Kier molecular flexibility index (Phi) is 12.5. The van der Waals surface area contributed by atoms with Gasteiger partial charge in [0.2, 0.25) is 0 Å². The van der Waals surface area contributed by atoms with Gasteiger partial charge in [0.05, 0.1) is 26.3 Å². The van der Waals surface area contributed by atoms with E-state index in [-0.39, 0.29) is 49.6 Å². The zero-order valence-electron chi connectivity index (χ0n) is 27.4. The number of piperidine rings is 1. The average Bonchev–Trinajstić information content (AvgIpc) is 3.06. The normalized spacial score (nSPS) is 14.6. The van der Waals surface area contributed by atoms with Gasteiger partial charge in [0.25, 0.3) is 5.91 Å². The van der Waals surface area contributed by atoms with Gasteiger partial charge in [0.1, 0.15) is 0 Å². The maximum Gasteiger partial charge on any atom is 0.311 e. The third-order valence-electron chi connectivity index (χ3n) is 7.19. The van der Waals surface area contributed by atoms with Crippen LogP contribution < -0.4 is 18.9 Å². The minimum Gasteiger partial charge on any atom is -0.490 e. The Balaban J connectivity index is 1.73. The van der Waals surface area contributed by atoms with E-state index < -0.39 is 0 Å². The van der Waals surface area contributed by atoms with Crippen LogP contribution in [0.1, 0.15) is 74.9 Å². The first-order chi connectivity index (χ1) is 22.8. The minimum absolute atomic E-state index is 0.0949. The fourth-order valence-electron chi connectivity index (χ4n) is 5.04. The summed E-state index contributed by atoms with van der Waals surface area (Å²) in [5.41, 5.74) is 2.61. The minimum atomic E-state index is -0.355. The third kappa shape index (κ3) is 9.42. The number of likely N-dealkylation sites (tertiary alicyclic amines) is 1. The zero-order chi connectivity index (χ0) is 33.8. The number of hydrogen-bond acceptors (Lipinski definition) is 8. The van der Waals surface area contributed by atoms with Gasteiger partial charge in [-0.25, -0.2) is 0 Å². The van der Waals surface area contributed by atoms with Crippen molar-refractivity contribution >= 4 is 35.8 Å². The maximum absolute atomic E-state index is 14.0. The lowest BCUT2D eigenvalue weighted by atomic mass is 9.93. The number of nitrogens with zero attached hydrogens (tertiary/aromatic N) is 1. The lowest BCUT2D eigenvalue weighted by molar-refractivity contribution is -0.135. The van der Waals surface area contributed by atoms with Crippen LogP contribution in [0, 0.1) is 0 Å². The first-order valence-electron chi connectivity index (χ1n) is 16.0. The van der Waals surface area contributed by atoms with E-state index in [1.807, 2.05) is 33.8 Å². The van der Waals surface area contributed by atoms with Gasteiger partial charge in [-0.05, 0) is 86.4 Å². The zero-order valence-corrected chi connectivity index (χ0v) is 27.4. The number of ether oxygens (including phenoxy) is 4. The number of esters is 2. The summed E-state index contributed by atoms with van der Waals surface area (Å²) in [6.45, 7) is 8.34. The lowest BCUT2D eigenvalue weighted by Gasteiger charge is -2.30. The number of hydrogen-bond donors (Lipinski definition) is 0. The molecule has 1 amide bonds. The highest BCUT2D eigenvalue weighted by Crippen LogP contribution is 2.33. The molecule has 0 N–H and O–H groups in total. The molecule has 1 aliphatic heterocycles. The van der Waals surface area contributed by atoms with Crippen LogP contribution in [0.25, 0.3) is 12.2 Å². The third-order valence-corrected chi connectivity index (χ3v) is 7.19. The van der Waals surface area contributed by atoms with E-state index in [4.69, 9.17) is 18.9 Å². The second-order valence-electron chi connectivity index (χ2n) is 10.9. The molecule has 1 aliphatic rings. The second kappa shape index (κ2) is 16.9. The summed E-state index contributed by atoms with van der Waals surface area (Å²) in [5.74, 6) is 0.233. The van der Waals surface area contributed by atoms with Crippen molar-refractivity contribution < 1.29 is 38.1 Å². The summed E-state index contributed by atoms with van der Waals surface area (Å²) >= 11 is 0. The summed E-state index contributed by atoms with van der Waals surface area (Å²) in [4.78, 5) is 53.5. The number of carbonyl (C=O) groups excluding carboxylic acids is 4. The van der Waals surface area contributed by atoms with Gasteiger partial charge in [-0.2, -0.15) is 0 Å². The largest absolute Gasteiger partial charge is 0.490 e. The Bertz CT molecular complexity index is 1560. The number of carbonyl (C=O) groups is 4. The lowest BCUT2D eigenvalue weighted by Crippen LogP contribution is -2.41. The van der Waals surface area contributed by atoms with Crippen LogP contribution in [-0.2, 0) is 14.4 Å². The molecule has 0 atom stereocenters. The van der Waals surface area contributed by atoms with E-state index in [2.05, 4.69) is 0 Å². The van der Waals surface area contributed by atoms with E-state index in [9.17, 15) is 19.2 Å². The Morgan fingerprint density at radius 1 is 0.660 bits per heavy atom. The molecule has 0 aromatic heterocycles. The van der Waals surface area contributed by atoms with E-state index in [0.29, 0.717) is 76.9 Å². The molecule has 0 saturated carbocycles. The number of rotatable bonds is 13. The molecule has 47 heavy (non-hydrogen) atoms. The summed E-state index contributed by atoms with van der Waals surface area (Å²) in [5, 5.41) is 0. The fraction of sp³-hybridized carbons (Fsp3) is 0.316. The molecule has 3 aromatic rings. The van der Waals surface area contributed by atoms with E-state index in [1.165, 1.54) is 0 Å². The molecule has 0 spiro atoms. The van der Waals surface area contributed by atoms with Crippen LogP contribution in [0.4, 0.5) is 0 Å². The van der Waals surface area contributed by atoms with E-state index in [0.717, 1.165) is 0 Å². The van der Waals surface area contributed by atoms with Gasteiger partial charge >= 0.3 is 11.9 Å². The smallest absolute Gasteiger partial charge is 0.311 e. The average molecular weight is 640 g/mol. The Hall–Kier alpha value is -5.18. The summed E-state index contributed by atoms with van der Waals surface area (Å²) in [6.07, 6.45) is 5.33. The van der Waals surface area contributed by atoms with E-state index in [1.54, 1.807) is 77.7 Å². The van der Waals surface area contributed by atoms with Gasteiger partial charge in [-0.1, -0.05) is 44.2 Å². The highest BCUT2D eigenvalue weighted by Gasteiger charge is 2.30. The van der Waals surface area contributed by atoms with Gasteiger partial charge < -0.3 is 23.8 Å². The number of Topliss-reactive ketones (excluding diaryl/α,β-unsaturated/α-hetero) is 1. The molecular formula is C38H41NO8. The molecule has 1 fully saturated rings. The summed E-state index contributed by atoms with van der Waals surface area (Å²) in [7, 11) is 0. The summed E-state index contributed by atoms with van der Waals surface area (Å²) in [6, 6.07) is 19.1. The Morgan fingerprint density at radius 3 is 1.55 bits per heavy atom. The fourth-order valence-corrected chi connectivity index (χ4v) is 5.04. The van der Waals surface area contributed by atoms with Crippen LogP contribution in [-0.4, -0.2) is 54.8 Å². The van der Waals surface area contributed by atoms with Gasteiger partial charge in [-0.15, -0.1) is 0 Å². The molecule has 4 rings (SSSR count). The molecule has 246 valence electrons. The summed E-state index contributed by atoms with van der Waals surface area (Å²) < 4.78 is 22.5. The van der Waals surface area contributed by atoms with Crippen LogP contribution in [0.15, 0.2) is 77.9 Å². The van der Waals surface area contributed by atoms with Crippen molar-refractivity contribution in [3.63, 3.8) is 0 Å². The highest BCUT2D eigenvalue weighted by molar-refractivity contribution is 6.16. The topological polar surface area (TPSA) is 108 Å². The number of benzene rings is 3. The molecule has 1 saturated heterocycles. The van der Waals surface area contributed by atoms with Crippen LogP contribution in [0.2, 0.25) is 0 Å². The highest BCUT2D eigenvalue weighted by atomic mass is 16.6. The van der Waals surface area contributed by atoms with Crippen molar-refractivity contribution in [2.45, 2.75) is 53.4 Å². The predicted molar refractivity (Wildman–Crippen MR) is 180 cm³/mol.